The largest absolute Gasteiger partial charge is 0.460 e. The van der Waals surface area contributed by atoms with Gasteiger partial charge in [-0.25, -0.2) is 4.79 Å². The minimum absolute atomic E-state index is 0.193. The predicted octanol–water partition coefficient (Wildman–Crippen LogP) is 2.33. The van der Waals surface area contributed by atoms with Crippen molar-refractivity contribution >= 4 is 11.8 Å². The first-order chi connectivity index (χ1) is 8.66. The molecule has 1 N–H and O–H groups in total. The molecule has 1 rings (SSSR count). The zero-order valence-corrected chi connectivity index (χ0v) is 12.6. The Balaban J connectivity index is 2.77. The Labute approximate surface area is 115 Å². The van der Waals surface area contributed by atoms with E-state index < -0.39 is 17.4 Å². The molecule has 4 unspecified atom stereocenters. The minimum atomic E-state index is -2.03. The zero-order valence-electron chi connectivity index (χ0n) is 12.6. The van der Waals surface area contributed by atoms with Gasteiger partial charge in [-0.1, -0.05) is 27.2 Å². The van der Waals surface area contributed by atoms with Crippen LogP contribution in [-0.4, -0.2) is 28.6 Å². The van der Waals surface area contributed by atoms with E-state index in [2.05, 4.69) is 20.8 Å². The van der Waals surface area contributed by atoms with Gasteiger partial charge in [-0.15, -0.1) is 0 Å². The molecule has 1 aliphatic carbocycles. The fourth-order valence-electron chi connectivity index (χ4n) is 2.65. The van der Waals surface area contributed by atoms with Crippen LogP contribution in [0.4, 0.5) is 0 Å². The number of hydrogen-bond acceptors (Lipinski definition) is 4. The van der Waals surface area contributed by atoms with Crippen molar-refractivity contribution < 1.29 is 19.4 Å². The molecule has 1 aliphatic rings. The molecule has 0 saturated heterocycles. The number of hydrogen-bond donors (Lipinski definition) is 1. The lowest BCUT2D eigenvalue weighted by Gasteiger charge is -2.37. The Kier molecular flexibility index (Phi) is 5.13. The number of aliphatic hydroxyl groups is 1. The lowest BCUT2D eigenvalue weighted by Crippen LogP contribution is -2.47. The highest BCUT2D eigenvalue weighted by atomic mass is 16.6. The summed E-state index contributed by atoms with van der Waals surface area (Å²) in [5.74, 6) is -0.155. The van der Waals surface area contributed by atoms with Crippen molar-refractivity contribution in [3.8, 4) is 0 Å². The minimum Gasteiger partial charge on any atom is -0.460 e. The molecular formula is C15H26O4. The van der Waals surface area contributed by atoms with Crippen molar-refractivity contribution in [3.63, 3.8) is 0 Å². The molecule has 110 valence electrons. The first-order valence-electron chi connectivity index (χ1n) is 7.10. The molecule has 19 heavy (non-hydrogen) atoms. The fraction of sp³-hybridized carbons (Fsp3) is 0.867. The molecule has 4 heteroatoms. The summed E-state index contributed by atoms with van der Waals surface area (Å²) in [7, 11) is 0. The SMILES string of the molecule is CC(=O)C(C)(O)C(=O)OC1CC(C)CCC1C(C)C. The van der Waals surface area contributed by atoms with E-state index in [1.165, 1.54) is 13.8 Å². The third kappa shape index (κ3) is 3.78. The molecule has 0 aromatic carbocycles. The number of rotatable bonds is 4. The summed E-state index contributed by atoms with van der Waals surface area (Å²) in [6.07, 6.45) is 2.78. The lowest BCUT2D eigenvalue weighted by molar-refractivity contribution is -0.178. The number of ketones is 1. The Hall–Kier alpha value is -0.900. The van der Waals surface area contributed by atoms with Crippen molar-refractivity contribution in [2.24, 2.45) is 17.8 Å². The van der Waals surface area contributed by atoms with Gasteiger partial charge in [0.25, 0.3) is 0 Å². The molecule has 0 aromatic heterocycles. The predicted molar refractivity (Wildman–Crippen MR) is 72.5 cm³/mol. The van der Waals surface area contributed by atoms with Gasteiger partial charge in [-0.05, 0) is 44.4 Å². The molecule has 0 heterocycles. The summed E-state index contributed by atoms with van der Waals surface area (Å²) >= 11 is 0. The summed E-state index contributed by atoms with van der Waals surface area (Å²) < 4.78 is 5.45. The number of Topliss-reactive ketones (excluding diaryl/α,β-unsaturated/α-hetero) is 1. The first kappa shape index (κ1) is 16.2. The number of carbonyl (C=O) groups excluding carboxylic acids is 2. The molecule has 0 aromatic rings. The fourth-order valence-corrected chi connectivity index (χ4v) is 2.65. The summed E-state index contributed by atoms with van der Waals surface area (Å²) in [5.41, 5.74) is -2.03. The van der Waals surface area contributed by atoms with Crippen LogP contribution in [0.5, 0.6) is 0 Å². The van der Waals surface area contributed by atoms with Crippen LogP contribution in [0.15, 0.2) is 0 Å². The highest BCUT2D eigenvalue weighted by Gasteiger charge is 2.41. The maximum atomic E-state index is 12.0. The van der Waals surface area contributed by atoms with Gasteiger partial charge >= 0.3 is 5.97 Å². The van der Waals surface area contributed by atoms with Crippen LogP contribution in [0, 0.1) is 17.8 Å². The van der Waals surface area contributed by atoms with E-state index in [1.54, 1.807) is 0 Å². The van der Waals surface area contributed by atoms with Gasteiger partial charge in [0, 0.05) is 0 Å². The van der Waals surface area contributed by atoms with Crippen LogP contribution in [0.25, 0.3) is 0 Å². The number of ether oxygens (including phenoxy) is 1. The zero-order chi connectivity index (χ0) is 14.8. The van der Waals surface area contributed by atoms with E-state index in [1.807, 2.05) is 0 Å². The second-order valence-electron chi connectivity index (χ2n) is 6.40. The molecule has 1 saturated carbocycles. The van der Waals surface area contributed by atoms with E-state index in [4.69, 9.17) is 4.74 Å². The maximum Gasteiger partial charge on any atom is 0.345 e. The molecule has 0 radical (unpaired) electrons. The highest BCUT2D eigenvalue weighted by Crippen LogP contribution is 2.35. The first-order valence-corrected chi connectivity index (χ1v) is 7.10. The summed E-state index contributed by atoms with van der Waals surface area (Å²) in [5, 5.41) is 9.86. The Bertz CT molecular complexity index is 346. The van der Waals surface area contributed by atoms with E-state index in [9.17, 15) is 14.7 Å². The van der Waals surface area contributed by atoms with Crippen LogP contribution in [0.1, 0.15) is 53.9 Å². The molecule has 0 aliphatic heterocycles. The van der Waals surface area contributed by atoms with Gasteiger partial charge in [-0.3, -0.25) is 4.79 Å². The van der Waals surface area contributed by atoms with Crippen LogP contribution < -0.4 is 0 Å². The summed E-state index contributed by atoms with van der Waals surface area (Å²) in [4.78, 5) is 23.2. The normalized spacial score (nSPS) is 30.8. The molecule has 0 spiro atoms. The van der Waals surface area contributed by atoms with Crippen LogP contribution in [-0.2, 0) is 14.3 Å². The maximum absolute atomic E-state index is 12.0. The van der Waals surface area contributed by atoms with Crippen molar-refractivity contribution in [2.45, 2.75) is 65.6 Å². The summed E-state index contributed by atoms with van der Waals surface area (Å²) in [6.45, 7) is 8.77. The van der Waals surface area contributed by atoms with Gasteiger partial charge in [0.2, 0.25) is 5.60 Å². The van der Waals surface area contributed by atoms with E-state index in [0.29, 0.717) is 17.8 Å². The number of esters is 1. The van der Waals surface area contributed by atoms with Crippen LogP contribution >= 0.6 is 0 Å². The van der Waals surface area contributed by atoms with Crippen molar-refractivity contribution in [1.29, 1.82) is 0 Å². The average Bonchev–Trinajstić information content (AvgIpc) is 2.28. The molecule has 0 bridgehead atoms. The Morgan fingerprint density at radius 2 is 1.89 bits per heavy atom. The summed E-state index contributed by atoms with van der Waals surface area (Å²) in [6, 6.07) is 0. The van der Waals surface area contributed by atoms with E-state index >= 15 is 0 Å². The quantitative estimate of drug-likeness (QED) is 0.629. The Morgan fingerprint density at radius 1 is 1.32 bits per heavy atom. The molecule has 1 fully saturated rings. The Morgan fingerprint density at radius 3 is 2.37 bits per heavy atom. The van der Waals surface area contributed by atoms with Crippen LogP contribution in [0.3, 0.4) is 0 Å². The average molecular weight is 270 g/mol. The van der Waals surface area contributed by atoms with Crippen molar-refractivity contribution in [1.82, 2.24) is 0 Å². The lowest BCUT2D eigenvalue weighted by atomic mass is 9.75. The number of carbonyl (C=O) groups is 2. The van der Waals surface area contributed by atoms with Crippen molar-refractivity contribution in [2.75, 3.05) is 0 Å². The molecular weight excluding hydrogens is 244 g/mol. The molecule has 4 atom stereocenters. The smallest absolute Gasteiger partial charge is 0.345 e. The monoisotopic (exact) mass is 270 g/mol. The highest BCUT2D eigenvalue weighted by molar-refractivity contribution is 6.05. The van der Waals surface area contributed by atoms with Crippen molar-refractivity contribution in [3.05, 3.63) is 0 Å². The third-order valence-electron chi connectivity index (χ3n) is 4.30. The van der Waals surface area contributed by atoms with Gasteiger partial charge < -0.3 is 9.84 Å². The standard InChI is InChI=1S/C15H26O4/c1-9(2)12-7-6-10(3)8-13(12)19-14(17)15(5,18)11(4)16/h9-10,12-13,18H,6-8H2,1-5H3. The second kappa shape index (κ2) is 6.04. The van der Waals surface area contributed by atoms with Gasteiger partial charge in [0.15, 0.2) is 5.78 Å². The second-order valence-corrected chi connectivity index (χ2v) is 6.40. The third-order valence-corrected chi connectivity index (χ3v) is 4.30. The topological polar surface area (TPSA) is 63.6 Å². The van der Waals surface area contributed by atoms with E-state index in [0.717, 1.165) is 19.3 Å². The van der Waals surface area contributed by atoms with E-state index in [-0.39, 0.29) is 6.10 Å². The van der Waals surface area contributed by atoms with Gasteiger partial charge in [-0.2, -0.15) is 0 Å². The van der Waals surface area contributed by atoms with Gasteiger partial charge in [0.1, 0.15) is 6.10 Å². The molecule has 4 nitrogen and oxygen atoms in total. The van der Waals surface area contributed by atoms with Crippen LogP contribution in [0.2, 0.25) is 0 Å². The molecule has 0 amide bonds. The van der Waals surface area contributed by atoms with Gasteiger partial charge in [0.05, 0.1) is 0 Å².